The number of furan rings is 1. The number of benzene rings is 8. The first kappa shape index (κ1) is 27.9. The van der Waals surface area contributed by atoms with E-state index >= 15 is 0 Å². The van der Waals surface area contributed by atoms with Gasteiger partial charge in [0.2, 0.25) is 0 Å². The Balaban J connectivity index is 1.19. The van der Waals surface area contributed by atoms with Crippen LogP contribution in [0, 0.1) is 0 Å². The van der Waals surface area contributed by atoms with Gasteiger partial charge in [0.15, 0.2) is 0 Å². The van der Waals surface area contributed by atoms with Gasteiger partial charge in [0, 0.05) is 53.1 Å². The minimum atomic E-state index is 0.911. The molecule has 2 aromatic heterocycles. The molecule has 0 saturated carbocycles. The fourth-order valence-electron chi connectivity index (χ4n) is 7.38. The average molecular weight is 644 g/mol. The molecule has 0 radical (unpaired) electrons. The maximum Gasteiger partial charge on any atom is 0.143 e. The molecule has 0 aliphatic rings. The van der Waals surface area contributed by atoms with Crippen molar-refractivity contribution in [3.63, 3.8) is 0 Å². The number of hydrogen-bond donors (Lipinski definition) is 0. The summed E-state index contributed by atoms with van der Waals surface area (Å²) in [7, 11) is 0. The molecule has 10 rings (SSSR count). The van der Waals surface area contributed by atoms with Crippen molar-refractivity contribution in [3.05, 3.63) is 176 Å². The number of thiophene rings is 1. The van der Waals surface area contributed by atoms with Crippen molar-refractivity contribution < 1.29 is 4.42 Å². The molecule has 0 atom stereocenters. The molecule has 10 aromatic rings. The fraction of sp³-hybridized carbons (Fsp3) is 0. The van der Waals surface area contributed by atoms with Crippen LogP contribution in [0.1, 0.15) is 0 Å². The Morgan fingerprint density at radius 2 is 1.08 bits per heavy atom. The Labute approximate surface area is 287 Å². The van der Waals surface area contributed by atoms with Gasteiger partial charge in [0.1, 0.15) is 11.2 Å². The van der Waals surface area contributed by atoms with Gasteiger partial charge in [-0.2, -0.15) is 0 Å². The Kier molecular flexibility index (Phi) is 6.39. The van der Waals surface area contributed by atoms with Crippen molar-refractivity contribution in [2.75, 3.05) is 4.90 Å². The van der Waals surface area contributed by atoms with E-state index in [1.165, 1.54) is 42.1 Å². The van der Waals surface area contributed by atoms with Gasteiger partial charge in [-0.15, -0.1) is 11.3 Å². The standard InChI is InChI=1S/C46H29NOS/c1-2-12-30(13-3-1)34-15-4-7-20-41(34)47(42-21-10-14-32-28-45-40(29-39(32)42)37-17-6-9-23-44(37)49-45)33-26-24-31(25-27-33)35-18-11-19-38-36-16-5-8-22-43(36)48-46(35)38/h1-29H. The molecule has 2 heterocycles. The van der Waals surface area contributed by atoms with Crippen molar-refractivity contribution >= 4 is 81.3 Å². The highest BCUT2D eigenvalue weighted by Gasteiger charge is 2.20. The van der Waals surface area contributed by atoms with E-state index in [1.54, 1.807) is 0 Å². The van der Waals surface area contributed by atoms with Crippen LogP contribution in [0.25, 0.3) is 75.1 Å². The Morgan fingerprint density at radius 1 is 0.408 bits per heavy atom. The molecule has 230 valence electrons. The van der Waals surface area contributed by atoms with E-state index in [0.717, 1.165) is 50.1 Å². The molecule has 49 heavy (non-hydrogen) atoms. The molecule has 0 aliphatic carbocycles. The first-order valence-electron chi connectivity index (χ1n) is 16.6. The Bertz CT molecular complexity index is 2830. The highest BCUT2D eigenvalue weighted by molar-refractivity contribution is 7.25. The van der Waals surface area contributed by atoms with Gasteiger partial charge >= 0.3 is 0 Å². The molecule has 0 bridgehead atoms. The van der Waals surface area contributed by atoms with Crippen LogP contribution in [0.5, 0.6) is 0 Å². The van der Waals surface area contributed by atoms with E-state index in [1.807, 2.05) is 23.5 Å². The highest BCUT2D eigenvalue weighted by atomic mass is 32.1. The lowest BCUT2D eigenvalue weighted by Gasteiger charge is -2.29. The third kappa shape index (κ3) is 4.55. The van der Waals surface area contributed by atoms with Gasteiger partial charge in [0.25, 0.3) is 0 Å². The monoisotopic (exact) mass is 643 g/mol. The van der Waals surface area contributed by atoms with Gasteiger partial charge in [0.05, 0.1) is 11.4 Å². The molecule has 0 amide bonds. The summed E-state index contributed by atoms with van der Waals surface area (Å²) in [6, 6.07) is 63.2. The molecule has 0 fully saturated rings. The first-order chi connectivity index (χ1) is 24.3. The summed E-state index contributed by atoms with van der Waals surface area (Å²) in [4.78, 5) is 2.43. The summed E-state index contributed by atoms with van der Waals surface area (Å²) < 4.78 is 9.04. The first-order valence-corrected chi connectivity index (χ1v) is 17.4. The number of nitrogens with zero attached hydrogens (tertiary/aromatic N) is 1. The molecule has 0 saturated heterocycles. The number of para-hydroxylation sites is 3. The topological polar surface area (TPSA) is 16.4 Å². The van der Waals surface area contributed by atoms with Crippen molar-refractivity contribution in [2.24, 2.45) is 0 Å². The zero-order valence-electron chi connectivity index (χ0n) is 26.5. The maximum absolute atomic E-state index is 6.42. The minimum absolute atomic E-state index is 0.911. The smallest absolute Gasteiger partial charge is 0.143 e. The second kappa shape index (κ2) is 11.2. The zero-order chi connectivity index (χ0) is 32.3. The molecule has 0 spiro atoms. The quantitative estimate of drug-likeness (QED) is 0.186. The second-order valence-electron chi connectivity index (χ2n) is 12.5. The van der Waals surface area contributed by atoms with Gasteiger partial charge in [-0.1, -0.05) is 127 Å². The summed E-state index contributed by atoms with van der Waals surface area (Å²) in [5, 5.41) is 7.33. The molecule has 3 heteroatoms. The zero-order valence-corrected chi connectivity index (χ0v) is 27.3. The average Bonchev–Trinajstić information content (AvgIpc) is 3.73. The molecular weight excluding hydrogens is 615 g/mol. The molecule has 0 aliphatic heterocycles. The number of anilines is 3. The highest BCUT2D eigenvalue weighted by Crippen LogP contribution is 2.46. The van der Waals surface area contributed by atoms with Crippen LogP contribution in [-0.2, 0) is 0 Å². The SMILES string of the molecule is c1ccc(-c2ccccc2N(c2ccc(-c3cccc4c3oc3ccccc34)cc2)c2cccc3cc4sc5ccccc5c4cc23)cc1. The van der Waals surface area contributed by atoms with E-state index < -0.39 is 0 Å². The summed E-state index contributed by atoms with van der Waals surface area (Å²) in [6.07, 6.45) is 0. The summed E-state index contributed by atoms with van der Waals surface area (Å²) in [6.45, 7) is 0. The van der Waals surface area contributed by atoms with E-state index in [4.69, 9.17) is 4.42 Å². The molecule has 2 nitrogen and oxygen atoms in total. The summed E-state index contributed by atoms with van der Waals surface area (Å²) in [5.41, 5.74) is 9.77. The lowest BCUT2D eigenvalue weighted by atomic mass is 9.99. The van der Waals surface area contributed by atoms with Crippen LogP contribution in [0.3, 0.4) is 0 Å². The predicted octanol–water partition coefficient (Wildman–Crippen LogP) is 13.9. The van der Waals surface area contributed by atoms with Gasteiger partial charge < -0.3 is 9.32 Å². The third-order valence-corrected chi connectivity index (χ3v) is 10.8. The van der Waals surface area contributed by atoms with E-state index in [0.29, 0.717) is 0 Å². The molecule has 8 aromatic carbocycles. The Morgan fingerprint density at radius 3 is 1.98 bits per heavy atom. The molecular formula is C46H29NOS. The van der Waals surface area contributed by atoms with Crippen molar-refractivity contribution in [2.45, 2.75) is 0 Å². The van der Waals surface area contributed by atoms with E-state index in [9.17, 15) is 0 Å². The normalized spacial score (nSPS) is 11.7. The number of fused-ring (bicyclic) bond motifs is 7. The molecule has 0 N–H and O–H groups in total. The van der Waals surface area contributed by atoms with Crippen LogP contribution in [0.15, 0.2) is 180 Å². The largest absolute Gasteiger partial charge is 0.455 e. The van der Waals surface area contributed by atoms with Crippen molar-refractivity contribution in [1.29, 1.82) is 0 Å². The van der Waals surface area contributed by atoms with Crippen LogP contribution in [0.4, 0.5) is 17.1 Å². The van der Waals surface area contributed by atoms with E-state index in [-0.39, 0.29) is 0 Å². The van der Waals surface area contributed by atoms with Crippen molar-refractivity contribution in [1.82, 2.24) is 0 Å². The predicted molar refractivity (Wildman–Crippen MR) is 210 cm³/mol. The van der Waals surface area contributed by atoms with E-state index in [2.05, 4.69) is 169 Å². The third-order valence-electron chi connectivity index (χ3n) is 9.67. The maximum atomic E-state index is 6.42. The van der Waals surface area contributed by atoms with Crippen LogP contribution in [0.2, 0.25) is 0 Å². The second-order valence-corrected chi connectivity index (χ2v) is 13.6. The van der Waals surface area contributed by atoms with Crippen LogP contribution in [-0.4, -0.2) is 0 Å². The fourth-order valence-corrected chi connectivity index (χ4v) is 8.51. The van der Waals surface area contributed by atoms with Crippen molar-refractivity contribution in [3.8, 4) is 22.3 Å². The van der Waals surface area contributed by atoms with Crippen LogP contribution >= 0.6 is 11.3 Å². The minimum Gasteiger partial charge on any atom is -0.455 e. The number of hydrogen-bond acceptors (Lipinski definition) is 3. The van der Waals surface area contributed by atoms with Crippen LogP contribution < -0.4 is 4.90 Å². The molecule has 0 unspecified atom stereocenters. The Hall–Kier alpha value is -6.16. The summed E-state index contributed by atoms with van der Waals surface area (Å²) >= 11 is 1.86. The number of rotatable bonds is 5. The summed E-state index contributed by atoms with van der Waals surface area (Å²) in [5.74, 6) is 0. The van der Waals surface area contributed by atoms with Gasteiger partial charge in [-0.25, -0.2) is 0 Å². The lowest BCUT2D eigenvalue weighted by molar-refractivity contribution is 0.670. The van der Waals surface area contributed by atoms with Gasteiger partial charge in [-0.05, 0) is 65.0 Å². The lowest BCUT2D eigenvalue weighted by Crippen LogP contribution is -2.11. The van der Waals surface area contributed by atoms with Gasteiger partial charge in [-0.3, -0.25) is 0 Å².